The molecule has 0 spiro atoms. The Bertz CT molecular complexity index is 85.0. The van der Waals surface area contributed by atoms with Crippen LogP contribution >= 0.6 is 11.6 Å². The van der Waals surface area contributed by atoms with Gasteiger partial charge in [-0.25, -0.2) is 0 Å². The van der Waals surface area contributed by atoms with Gasteiger partial charge in [-0.05, 0) is 26.2 Å². The van der Waals surface area contributed by atoms with Crippen LogP contribution in [0.1, 0.15) is 26.2 Å². The molecule has 0 radical (unpaired) electrons. The molecule has 1 aliphatic rings. The number of alkyl halides is 1. The van der Waals surface area contributed by atoms with Crippen LogP contribution in [-0.4, -0.2) is 18.1 Å². The van der Waals surface area contributed by atoms with E-state index < -0.39 is 0 Å². The molecule has 0 saturated carbocycles. The van der Waals surface area contributed by atoms with Gasteiger partial charge in [-0.1, -0.05) is 0 Å². The van der Waals surface area contributed by atoms with Crippen molar-refractivity contribution in [1.82, 2.24) is 0 Å². The van der Waals surface area contributed by atoms with E-state index in [1.54, 1.807) is 0 Å². The maximum atomic E-state index is 5.62. The Kier molecular flexibility index (Phi) is 2.80. The summed E-state index contributed by atoms with van der Waals surface area (Å²) >= 11 is 5.62. The third-order valence-corrected chi connectivity index (χ3v) is 2.08. The van der Waals surface area contributed by atoms with E-state index in [0.29, 0.717) is 18.1 Å². The molecule has 2 atom stereocenters. The zero-order valence-corrected chi connectivity index (χ0v) is 6.53. The van der Waals surface area contributed by atoms with Crippen LogP contribution in [0.15, 0.2) is 0 Å². The van der Waals surface area contributed by atoms with Crippen LogP contribution in [-0.2, 0) is 4.74 Å². The van der Waals surface area contributed by atoms with E-state index in [2.05, 4.69) is 6.92 Å². The lowest BCUT2D eigenvalue weighted by Crippen LogP contribution is -2.26. The van der Waals surface area contributed by atoms with Crippen LogP contribution in [0.4, 0.5) is 0 Å². The molecule has 0 N–H and O–H groups in total. The molecule has 1 rings (SSSR count). The summed E-state index contributed by atoms with van der Waals surface area (Å²) in [6.07, 6.45) is 4.39. The van der Waals surface area contributed by atoms with Crippen LogP contribution < -0.4 is 0 Å². The first-order valence-corrected chi connectivity index (χ1v) is 4.08. The number of hydrogen-bond acceptors (Lipinski definition) is 1. The van der Waals surface area contributed by atoms with E-state index in [-0.39, 0.29) is 0 Å². The van der Waals surface area contributed by atoms with Crippen molar-refractivity contribution in [1.29, 1.82) is 0 Å². The fourth-order valence-electron chi connectivity index (χ4n) is 1.21. The molecule has 0 bridgehead atoms. The van der Waals surface area contributed by atoms with Gasteiger partial charge in [-0.2, -0.15) is 0 Å². The first-order chi connectivity index (χ1) is 4.33. The highest BCUT2D eigenvalue weighted by Gasteiger charge is 2.17. The molecule has 1 nitrogen and oxygen atoms in total. The molecule has 0 aromatic carbocycles. The second kappa shape index (κ2) is 3.43. The summed E-state index contributed by atoms with van der Waals surface area (Å²) in [7, 11) is 0. The monoisotopic (exact) mass is 148 g/mol. The smallest absolute Gasteiger partial charge is 0.0714 e. The molecule has 0 aromatic heterocycles. The summed E-state index contributed by atoms with van der Waals surface area (Å²) in [5, 5.41) is 0. The van der Waals surface area contributed by atoms with Gasteiger partial charge in [0.25, 0.3) is 0 Å². The average molecular weight is 149 g/mol. The van der Waals surface area contributed by atoms with Gasteiger partial charge in [0.05, 0.1) is 12.2 Å². The fourth-order valence-corrected chi connectivity index (χ4v) is 1.44. The van der Waals surface area contributed by atoms with Crippen molar-refractivity contribution in [2.24, 2.45) is 0 Å². The SMILES string of the molecule is CC1CCCC(CCl)O1. The fraction of sp³-hybridized carbons (Fsp3) is 1.00. The summed E-state index contributed by atoms with van der Waals surface area (Å²) in [4.78, 5) is 0. The Morgan fingerprint density at radius 1 is 1.56 bits per heavy atom. The quantitative estimate of drug-likeness (QED) is 0.518. The Morgan fingerprint density at radius 2 is 2.33 bits per heavy atom. The van der Waals surface area contributed by atoms with E-state index in [1.165, 1.54) is 12.8 Å². The van der Waals surface area contributed by atoms with Crippen molar-refractivity contribution < 1.29 is 4.74 Å². The minimum atomic E-state index is 0.329. The molecule has 9 heavy (non-hydrogen) atoms. The minimum absolute atomic E-state index is 0.329. The van der Waals surface area contributed by atoms with Gasteiger partial charge in [0.1, 0.15) is 0 Å². The van der Waals surface area contributed by atoms with Gasteiger partial charge >= 0.3 is 0 Å². The zero-order valence-electron chi connectivity index (χ0n) is 5.77. The topological polar surface area (TPSA) is 9.23 Å². The Labute approximate surface area is 61.3 Å². The van der Waals surface area contributed by atoms with Gasteiger partial charge in [0.15, 0.2) is 0 Å². The lowest BCUT2D eigenvalue weighted by atomic mass is 10.1. The first kappa shape index (κ1) is 7.36. The predicted octanol–water partition coefficient (Wildman–Crippen LogP) is 2.18. The largest absolute Gasteiger partial charge is 0.374 e. The maximum Gasteiger partial charge on any atom is 0.0714 e. The van der Waals surface area contributed by atoms with Crippen LogP contribution in [0.25, 0.3) is 0 Å². The first-order valence-electron chi connectivity index (χ1n) is 3.54. The van der Waals surface area contributed by atoms with E-state index in [9.17, 15) is 0 Å². The molecule has 1 aliphatic heterocycles. The number of ether oxygens (including phenoxy) is 1. The molecule has 0 aliphatic carbocycles. The maximum absolute atomic E-state index is 5.62. The van der Waals surface area contributed by atoms with E-state index in [1.807, 2.05) is 0 Å². The second-order valence-electron chi connectivity index (χ2n) is 2.65. The molecular formula is C7H13ClO. The van der Waals surface area contributed by atoms with E-state index in [0.717, 1.165) is 6.42 Å². The summed E-state index contributed by atoms with van der Waals surface area (Å²) in [5.74, 6) is 0.657. The highest BCUT2D eigenvalue weighted by Crippen LogP contribution is 2.18. The molecule has 2 unspecified atom stereocenters. The summed E-state index contributed by atoms with van der Waals surface area (Å²) in [6.45, 7) is 2.11. The second-order valence-corrected chi connectivity index (χ2v) is 2.96. The predicted molar refractivity (Wildman–Crippen MR) is 38.9 cm³/mol. The lowest BCUT2D eigenvalue weighted by Gasteiger charge is -2.25. The zero-order chi connectivity index (χ0) is 6.69. The third kappa shape index (κ3) is 2.15. The summed E-state index contributed by atoms with van der Waals surface area (Å²) < 4.78 is 5.50. The van der Waals surface area contributed by atoms with Gasteiger partial charge in [-0.3, -0.25) is 0 Å². The molecule has 2 heteroatoms. The van der Waals surface area contributed by atoms with Crippen molar-refractivity contribution in [2.75, 3.05) is 5.88 Å². The van der Waals surface area contributed by atoms with Crippen molar-refractivity contribution in [3.63, 3.8) is 0 Å². The van der Waals surface area contributed by atoms with Crippen molar-refractivity contribution in [3.05, 3.63) is 0 Å². The number of halogens is 1. The number of rotatable bonds is 1. The molecule has 1 heterocycles. The van der Waals surface area contributed by atoms with E-state index >= 15 is 0 Å². The van der Waals surface area contributed by atoms with Crippen molar-refractivity contribution in [2.45, 2.75) is 38.4 Å². The molecule has 1 fully saturated rings. The third-order valence-electron chi connectivity index (χ3n) is 1.73. The standard InChI is InChI=1S/C7H13ClO/c1-6-3-2-4-7(5-8)9-6/h6-7H,2-5H2,1H3. The summed E-state index contributed by atoms with van der Waals surface area (Å²) in [5.41, 5.74) is 0. The highest BCUT2D eigenvalue weighted by atomic mass is 35.5. The van der Waals surface area contributed by atoms with Gasteiger partial charge in [-0.15, -0.1) is 11.6 Å². The Hall–Kier alpha value is 0.250. The molecular weight excluding hydrogens is 136 g/mol. The average Bonchev–Trinajstić information content (AvgIpc) is 1.88. The van der Waals surface area contributed by atoms with Crippen LogP contribution in [0.5, 0.6) is 0 Å². The van der Waals surface area contributed by atoms with E-state index in [4.69, 9.17) is 16.3 Å². The normalized spacial score (nSPS) is 36.7. The van der Waals surface area contributed by atoms with Gasteiger partial charge in [0.2, 0.25) is 0 Å². The van der Waals surface area contributed by atoms with Crippen LogP contribution in [0.3, 0.4) is 0 Å². The summed E-state index contributed by atoms with van der Waals surface area (Å²) in [6, 6.07) is 0. The van der Waals surface area contributed by atoms with Gasteiger partial charge < -0.3 is 4.74 Å². The van der Waals surface area contributed by atoms with Crippen molar-refractivity contribution >= 4 is 11.6 Å². The Morgan fingerprint density at radius 3 is 2.78 bits per heavy atom. The Balaban J connectivity index is 2.23. The van der Waals surface area contributed by atoms with Gasteiger partial charge in [0, 0.05) is 5.88 Å². The molecule has 54 valence electrons. The minimum Gasteiger partial charge on any atom is -0.374 e. The molecule has 0 amide bonds. The molecule has 1 saturated heterocycles. The van der Waals surface area contributed by atoms with Crippen molar-refractivity contribution in [3.8, 4) is 0 Å². The lowest BCUT2D eigenvalue weighted by molar-refractivity contribution is -0.0273. The highest BCUT2D eigenvalue weighted by molar-refractivity contribution is 6.18. The number of hydrogen-bond donors (Lipinski definition) is 0. The molecule has 0 aromatic rings. The van der Waals surface area contributed by atoms with Crippen LogP contribution in [0.2, 0.25) is 0 Å². The van der Waals surface area contributed by atoms with Crippen LogP contribution in [0, 0.1) is 0 Å².